The molecule has 0 radical (unpaired) electrons. The van der Waals surface area contributed by atoms with Crippen molar-refractivity contribution in [1.29, 1.82) is 0 Å². The summed E-state index contributed by atoms with van der Waals surface area (Å²) in [6, 6.07) is 0. The number of carbonyl (C=O) groups excluding carboxylic acids is 2. The minimum atomic E-state index is -0.878. The van der Waals surface area contributed by atoms with Crippen LogP contribution in [0, 0.1) is 5.92 Å². The number of hydrogen-bond acceptors (Lipinski definition) is 7. The number of hydrogen-bond donors (Lipinski definition) is 3. The van der Waals surface area contributed by atoms with Crippen LogP contribution in [-0.4, -0.2) is 58.8 Å². The molecular weight excluding hydrogens is 628 g/mol. The van der Waals surface area contributed by atoms with E-state index in [1.54, 1.807) is 12.2 Å². The molecule has 50 heavy (non-hydrogen) atoms. The maximum Gasteiger partial charge on any atom is 0.306 e. The van der Waals surface area contributed by atoms with E-state index in [4.69, 9.17) is 9.47 Å². The highest BCUT2D eigenvalue weighted by atomic mass is 16.6. The lowest BCUT2D eigenvalue weighted by molar-refractivity contribution is -0.161. The number of aliphatic hydroxyl groups is 3. The lowest BCUT2D eigenvalue weighted by atomic mass is 10.0. The molecule has 0 fully saturated rings. The van der Waals surface area contributed by atoms with Gasteiger partial charge in [0.15, 0.2) is 6.10 Å². The van der Waals surface area contributed by atoms with Gasteiger partial charge in [-0.05, 0) is 38.0 Å². The van der Waals surface area contributed by atoms with Gasteiger partial charge in [-0.3, -0.25) is 9.59 Å². The van der Waals surface area contributed by atoms with Crippen molar-refractivity contribution in [3.63, 3.8) is 0 Å². The topological polar surface area (TPSA) is 113 Å². The van der Waals surface area contributed by atoms with Crippen LogP contribution < -0.4 is 0 Å². The number of rotatable bonds is 35. The quantitative estimate of drug-likeness (QED) is 0.0342. The number of esters is 2. The van der Waals surface area contributed by atoms with Crippen molar-refractivity contribution < 1.29 is 34.4 Å². The first-order valence-electron chi connectivity index (χ1n) is 20.3. The van der Waals surface area contributed by atoms with Crippen LogP contribution in [0.15, 0.2) is 48.6 Å². The molecule has 0 aliphatic heterocycles. The van der Waals surface area contributed by atoms with Gasteiger partial charge in [-0.25, -0.2) is 0 Å². The summed E-state index contributed by atoms with van der Waals surface area (Å²) in [6.45, 7) is 6.19. The third-order valence-corrected chi connectivity index (χ3v) is 8.76. The number of ether oxygens (including phenoxy) is 2. The fourth-order valence-electron chi connectivity index (χ4n) is 5.60. The van der Waals surface area contributed by atoms with Gasteiger partial charge < -0.3 is 24.8 Å². The lowest BCUT2D eigenvalue weighted by Crippen LogP contribution is -2.28. The molecule has 0 saturated heterocycles. The van der Waals surface area contributed by atoms with Crippen molar-refractivity contribution in [2.45, 2.75) is 193 Å². The second-order valence-corrected chi connectivity index (χ2v) is 14.2. The van der Waals surface area contributed by atoms with E-state index in [9.17, 15) is 24.9 Å². The van der Waals surface area contributed by atoms with Gasteiger partial charge in [-0.15, -0.1) is 0 Å². The first kappa shape index (κ1) is 47.8. The van der Waals surface area contributed by atoms with Crippen LogP contribution >= 0.6 is 0 Å². The minimum absolute atomic E-state index is 0.107. The largest absolute Gasteiger partial charge is 0.462 e. The van der Waals surface area contributed by atoms with E-state index in [1.807, 2.05) is 36.5 Å². The highest BCUT2D eigenvalue weighted by Crippen LogP contribution is 2.15. The Balaban J connectivity index is 3.78. The molecule has 0 saturated carbocycles. The van der Waals surface area contributed by atoms with Gasteiger partial charge in [0.1, 0.15) is 6.61 Å². The molecule has 0 spiro atoms. The van der Waals surface area contributed by atoms with Crippen LogP contribution in [0.2, 0.25) is 0 Å². The van der Waals surface area contributed by atoms with Gasteiger partial charge in [-0.1, -0.05) is 179 Å². The maximum absolute atomic E-state index is 12.2. The zero-order chi connectivity index (χ0) is 36.9. The molecule has 7 heteroatoms. The summed E-state index contributed by atoms with van der Waals surface area (Å²) in [5.74, 6) is 0.0211. The highest BCUT2D eigenvalue weighted by Gasteiger charge is 2.16. The predicted octanol–water partition coefficient (Wildman–Crippen LogP) is 10.4. The first-order valence-corrected chi connectivity index (χ1v) is 20.3. The van der Waals surface area contributed by atoms with E-state index >= 15 is 0 Å². The second kappa shape index (κ2) is 36.6. The molecule has 290 valence electrons. The summed E-state index contributed by atoms with van der Waals surface area (Å²) in [7, 11) is 0. The highest BCUT2D eigenvalue weighted by molar-refractivity contribution is 5.70. The molecule has 0 unspecified atom stereocenters. The molecule has 0 aromatic rings. The fourth-order valence-corrected chi connectivity index (χ4v) is 5.60. The van der Waals surface area contributed by atoms with Crippen molar-refractivity contribution >= 4 is 11.9 Å². The average Bonchev–Trinajstić information content (AvgIpc) is 3.09. The Labute approximate surface area is 306 Å². The molecule has 0 aliphatic carbocycles. The summed E-state index contributed by atoms with van der Waals surface area (Å²) in [6.07, 6.45) is 38.1. The molecule has 0 rings (SSSR count). The molecule has 0 aromatic heterocycles. The van der Waals surface area contributed by atoms with Crippen molar-refractivity contribution in [2.75, 3.05) is 13.2 Å². The predicted molar refractivity (Wildman–Crippen MR) is 208 cm³/mol. The molecule has 0 aliphatic rings. The second-order valence-electron chi connectivity index (χ2n) is 14.2. The maximum atomic E-state index is 12.2. The van der Waals surface area contributed by atoms with Gasteiger partial charge in [0.05, 0.1) is 18.8 Å². The number of carbonyl (C=O) groups is 2. The molecule has 7 nitrogen and oxygen atoms in total. The van der Waals surface area contributed by atoms with E-state index in [0.717, 1.165) is 57.3 Å². The van der Waals surface area contributed by atoms with Crippen LogP contribution in [0.4, 0.5) is 0 Å². The zero-order valence-corrected chi connectivity index (χ0v) is 32.3. The van der Waals surface area contributed by atoms with Crippen LogP contribution in [0.3, 0.4) is 0 Å². The zero-order valence-electron chi connectivity index (χ0n) is 32.3. The number of unbranched alkanes of at least 4 members (excludes halogenated alkanes) is 15. The Morgan fingerprint density at radius 3 is 1.54 bits per heavy atom. The fraction of sp³-hybridized carbons (Fsp3) is 0.767. The smallest absolute Gasteiger partial charge is 0.306 e. The molecule has 3 atom stereocenters. The van der Waals surface area contributed by atoms with E-state index in [-0.39, 0.29) is 25.1 Å². The molecule has 3 N–H and O–H groups in total. The van der Waals surface area contributed by atoms with Crippen LogP contribution in [0.5, 0.6) is 0 Å². The third kappa shape index (κ3) is 35.6. The minimum Gasteiger partial charge on any atom is -0.462 e. The average molecular weight is 705 g/mol. The molecular formula is C43H76O7. The molecule has 0 amide bonds. The van der Waals surface area contributed by atoms with Crippen molar-refractivity contribution in [3.05, 3.63) is 48.6 Å². The first-order chi connectivity index (χ1) is 24.3. The summed E-state index contributed by atoms with van der Waals surface area (Å²) < 4.78 is 10.5. The summed E-state index contributed by atoms with van der Waals surface area (Å²) in [5.41, 5.74) is 0. The lowest BCUT2D eigenvalue weighted by Gasteiger charge is -2.16. The number of allylic oxidation sites excluding steroid dienone is 6. The van der Waals surface area contributed by atoms with Gasteiger partial charge in [-0.2, -0.15) is 0 Å². The molecule has 0 heterocycles. The molecule has 0 aromatic carbocycles. The standard InChI is InChI=1S/C43H76O7/c1-4-5-23-30-39(45)31-25-20-16-14-17-21-26-32-40(46)33-28-35-43(48)50-41(36-44)37-49-42(47)34-27-22-18-13-11-9-7-6-8-10-12-15-19-24-29-38(2)3/h16-17,20-21,25-26,31-32,38-41,44-46H,4-15,18-19,22-24,27-30,33-37H2,1-3H3/b20-16-,21-17-,31-25+,32-26+/t39-,40-,41+/m1/s1. The van der Waals surface area contributed by atoms with Crippen LogP contribution in [0.1, 0.15) is 175 Å². The SMILES string of the molecule is CCCCC[C@@H](O)/C=C/C=C\C/C=C\C=C\[C@@H](O)CCCC(=O)O[C@@H](CO)COC(=O)CCCCCCCCCCCCCCCCC(C)C. The normalized spacial score (nSPS) is 14.1. The monoisotopic (exact) mass is 705 g/mol. The van der Waals surface area contributed by atoms with Gasteiger partial charge in [0, 0.05) is 12.8 Å². The molecule has 0 bridgehead atoms. The van der Waals surface area contributed by atoms with Crippen molar-refractivity contribution in [1.82, 2.24) is 0 Å². The van der Waals surface area contributed by atoms with E-state index < -0.39 is 24.8 Å². The Morgan fingerprint density at radius 2 is 1.04 bits per heavy atom. The van der Waals surface area contributed by atoms with E-state index in [1.165, 1.54) is 77.0 Å². The van der Waals surface area contributed by atoms with Gasteiger partial charge in [0.2, 0.25) is 0 Å². The third-order valence-electron chi connectivity index (χ3n) is 8.76. The van der Waals surface area contributed by atoms with Crippen molar-refractivity contribution in [3.8, 4) is 0 Å². The van der Waals surface area contributed by atoms with Crippen molar-refractivity contribution in [2.24, 2.45) is 5.92 Å². The van der Waals surface area contributed by atoms with Crippen LogP contribution in [0.25, 0.3) is 0 Å². The van der Waals surface area contributed by atoms with E-state index in [0.29, 0.717) is 19.3 Å². The summed E-state index contributed by atoms with van der Waals surface area (Å²) in [5, 5.41) is 29.5. The van der Waals surface area contributed by atoms with Gasteiger partial charge >= 0.3 is 11.9 Å². The Bertz CT molecular complexity index is 892. The summed E-state index contributed by atoms with van der Waals surface area (Å²) >= 11 is 0. The Hall–Kier alpha value is -2.22. The summed E-state index contributed by atoms with van der Waals surface area (Å²) in [4.78, 5) is 24.3. The van der Waals surface area contributed by atoms with Crippen LogP contribution in [-0.2, 0) is 19.1 Å². The van der Waals surface area contributed by atoms with Gasteiger partial charge in [0.25, 0.3) is 0 Å². The Morgan fingerprint density at radius 1 is 0.580 bits per heavy atom. The van der Waals surface area contributed by atoms with E-state index in [2.05, 4.69) is 20.8 Å². The number of aliphatic hydroxyl groups excluding tert-OH is 3. The Kier molecular flexibility index (Phi) is 34.9.